The summed E-state index contributed by atoms with van der Waals surface area (Å²) in [5, 5.41) is 0. The Hall–Kier alpha value is -2.50. The molecule has 6 nitrogen and oxygen atoms in total. The van der Waals surface area contributed by atoms with E-state index >= 15 is 0 Å². The fraction of sp³-hybridized carbons (Fsp3) is 0.286. The normalized spacial score (nSPS) is 10.3. The summed E-state index contributed by atoms with van der Waals surface area (Å²) in [6.45, 7) is 5.35. The van der Waals surface area contributed by atoms with Gasteiger partial charge >= 0.3 is 5.97 Å². The Bertz CT molecular complexity index is 687. The maximum atomic E-state index is 11.8. The van der Waals surface area contributed by atoms with Crippen LogP contribution in [0.25, 0.3) is 0 Å². The smallest absolute Gasteiger partial charge is 0.344 e. The maximum Gasteiger partial charge on any atom is 0.344 e. The molecule has 0 spiro atoms. The molecule has 0 saturated carbocycles. The van der Waals surface area contributed by atoms with Crippen LogP contribution in [0.2, 0.25) is 0 Å². The first kappa shape index (κ1) is 13.9. The molecule has 104 valence electrons. The number of carbonyl (C=O) groups is 1. The monoisotopic (exact) mass is 273 g/mol. The van der Waals surface area contributed by atoms with Crippen LogP contribution < -0.4 is 5.56 Å². The van der Waals surface area contributed by atoms with Crippen LogP contribution in [0.15, 0.2) is 23.0 Å². The number of esters is 1. The Balaban J connectivity index is 2.10. The van der Waals surface area contributed by atoms with Gasteiger partial charge in [-0.3, -0.25) is 4.79 Å². The van der Waals surface area contributed by atoms with Crippen molar-refractivity contribution in [1.29, 1.82) is 0 Å². The Morgan fingerprint density at radius 1 is 1.25 bits per heavy atom. The van der Waals surface area contributed by atoms with E-state index < -0.39 is 11.5 Å². The third kappa shape index (κ3) is 3.28. The average molecular weight is 273 g/mol. The molecule has 0 aliphatic heterocycles. The van der Waals surface area contributed by atoms with Crippen molar-refractivity contribution >= 4 is 5.97 Å². The molecule has 0 aromatic carbocycles. The lowest BCUT2D eigenvalue weighted by atomic mass is 10.2. The third-order valence-corrected chi connectivity index (χ3v) is 2.65. The molecule has 6 heteroatoms. The van der Waals surface area contributed by atoms with Crippen molar-refractivity contribution in [3.8, 4) is 0 Å². The molecule has 2 aromatic heterocycles. The van der Waals surface area contributed by atoms with Crippen LogP contribution in [-0.4, -0.2) is 20.9 Å². The van der Waals surface area contributed by atoms with Crippen LogP contribution in [0, 0.1) is 20.8 Å². The van der Waals surface area contributed by atoms with Gasteiger partial charge in [-0.2, -0.15) is 0 Å². The molecule has 0 aliphatic rings. The highest BCUT2D eigenvalue weighted by Gasteiger charge is 2.12. The van der Waals surface area contributed by atoms with Crippen molar-refractivity contribution in [3.05, 3.63) is 57.0 Å². The van der Waals surface area contributed by atoms with Crippen LogP contribution in [-0.2, 0) is 11.3 Å². The molecule has 0 bridgehead atoms. The van der Waals surface area contributed by atoms with E-state index in [1.165, 1.54) is 6.07 Å². The number of hydrogen-bond acceptors (Lipinski definition) is 5. The minimum absolute atomic E-state index is 0.0103. The summed E-state index contributed by atoms with van der Waals surface area (Å²) >= 11 is 0. The molecule has 0 fully saturated rings. The number of carbonyl (C=O) groups excluding carboxylic acids is 1. The number of aryl methyl sites for hydroxylation is 3. The Labute approximate surface area is 115 Å². The standard InChI is InChI=1S/C14H15N3O3/c1-8-4-5-12(13(18)16-8)14(19)20-7-11-6-9(2)15-10(3)17-11/h4-6H,7H2,1-3H3,(H,16,18). The fourth-order valence-corrected chi connectivity index (χ4v) is 1.82. The van der Waals surface area contributed by atoms with Crippen molar-refractivity contribution in [2.24, 2.45) is 0 Å². The summed E-state index contributed by atoms with van der Waals surface area (Å²) in [5.74, 6) is -0.0515. The number of aromatic nitrogens is 3. The molecule has 1 N–H and O–H groups in total. The van der Waals surface area contributed by atoms with Gasteiger partial charge in [0.05, 0.1) is 5.69 Å². The summed E-state index contributed by atoms with van der Waals surface area (Å²) in [6, 6.07) is 4.84. The van der Waals surface area contributed by atoms with Gasteiger partial charge in [-0.05, 0) is 39.0 Å². The van der Waals surface area contributed by atoms with Crippen LogP contribution >= 0.6 is 0 Å². The van der Waals surface area contributed by atoms with Gasteiger partial charge in [0.25, 0.3) is 5.56 Å². The van der Waals surface area contributed by atoms with E-state index in [1.807, 2.05) is 6.92 Å². The average Bonchev–Trinajstić information content (AvgIpc) is 2.35. The molecule has 0 radical (unpaired) electrons. The molecule has 0 amide bonds. The van der Waals surface area contributed by atoms with Gasteiger partial charge in [0, 0.05) is 11.4 Å². The van der Waals surface area contributed by atoms with E-state index in [2.05, 4.69) is 15.0 Å². The van der Waals surface area contributed by atoms with Crippen LogP contribution in [0.3, 0.4) is 0 Å². The Morgan fingerprint density at radius 3 is 2.65 bits per heavy atom. The first-order valence-corrected chi connectivity index (χ1v) is 6.14. The number of nitrogens with one attached hydrogen (secondary N) is 1. The van der Waals surface area contributed by atoms with Gasteiger partial charge in [-0.15, -0.1) is 0 Å². The summed E-state index contributed by atoms with van der Waals surface area (Å²) in [6.07, 6.45) is 0. The van der Waals surface area contributed by atoms with Crippen LogP contribution in [0.1, 0.15) is 33.3 Å². The molecule has 0 aliphatic carbocycles. The zero-order valence-electron chi connectivity index (χ0n) is 11.6. The van der Waals surface area contributed by atoms with Crippen molar-refractivity contribution in [1.82, 2.24) is 15.0 Å². The number of hydrogen-bond donors (Lipinski definition) is 1. The first-order chi connectivity index (χ1) is 9.45. The van der Waals surface area contributed by atoms with E-state index in [4.69, 9.17) is 4.74 Å². The summed E-state index contributed by atoms with van der Waals surface area (Å²) in [5.41, 5.74) is 1.63. The number of nitrogens with zero attached hydrogens (tertiary/aromatic N) is 2. The number of H-pyrrole nitrogens is 1. The zero-order valence-corrected chi connectivity index (χ0v) is 11.6. The van der Waals surface area contributed by atoms with Gasteiger partial charge in [0.15, 0.2) is 0 Å². The van der Waals surface area contributed by atoms with Crippen molar-refractivity contribution in [2.75, 3.05) is 0 Å². The van der Waals surface area contributed by atoms with Gasteiger partial charge in [-0.25, -0.2) is 14.8 Å². The fourth-order valence-electron chi connectivity index (χ4n) is 1.82. The lowest BCUT2D eigenvalue weighted by Crippen LogP contribution is -2.20. The van der Waals surface area contributed by atoms with E-state index in [0.29, 0.717) is 17.2 Å². The molecule has 2 rings (SSSR count). The van der Waals surface area contributed by atoms with Crippen LogP contribution in [0.4, 0.5) is 0 Å². The zero-order chi connectivity index (χ0) is 14.7. The molecule has 2 heterocycles. The second-order valence-electron chi connectivity index (χ2n) is 4.51. The number of pyridine rings is 1. The number of ether oxygens (including phenoxy) is 1. The van der Waals surface area contributed by atoms with E-state index in [-0.39, 0.29) is 12.2 Å². The number of rotatable bonds is 3. The van der Waals surface area contributed by atoms with E-state index in [1.54, 1.807) is 26.0 Å². The molecule has 2 aromatic rings. The van der Waals surface area contributed by atoms with E-state index in [0.717, 1.165) is 5.69 Å². The minimum atomic E-state index is -0.667. The van der Waals surface area contributed by atoms with E-state index in [9.17, 15) is 9.59 Å². The first-order valence-electron chi connectivity index (χ1n) is 6.14. The largest absolute Gasteiger partial charge is 0.455 e. The van der Waals surface area contributed by atoms with Gasteiger partial charge in [0.2, 0.25) is 0 Å². The lowest BCUT2D eigenvalue weighted by molar-refractivity contribution is 0.0465. The summed E-state index contributed by atoms with van der Waals surface area (Å²) < 4.78 is 5.10. The van der Waals surface area contributed by atoms with Gasteiger partial charge in [-0.1, -0.05) is 0 Å². The molecule has 20 heavy (non-hydrogen) atoms. The van der Waals surface area contributed by atoms with Gasteiger partial charge in [0.1, 0.15) is 18.0 Å². The van der Waals surface area contributed by atoms with Crippen molar-refractivity contribution in [3.63, 3.8) is 0 Å². The highest BCUT2D eigenvalue weighted by Crippen LogP contribution is 2.04. The van der Waals surface area contributed by atoms with Crippen molar-refractivity contribution in [2.45, 2.75) is 27.4 Å². The predicted molar refractivity (Wildman–Crippen MR) is 72.4 cm³/mol. The Morgan fingerprint density at radius 2 is 2.00 bits per heavy atom. The third-order valence-electron chi connectivity index (χ3n) is 2.65. The summed E-state index contributed by atoms with van der Waals surface area (Å²) in [4.78, 5) is 34.3. The SMILES string of the molecule is Cc1cc(COC(=O)c2ccc(C)[nH]c2=O)nc(C)n1. The molecule has 0 atom stereocenters. The maximum absolute atomic E-state index is 11.8. The second-order valence-corrected chi connectivity index (χ2v) is 4.51. The highest BCUT2D eigenvalue weighted by molar-refractivity contribution is 5.88. The van der Waals surface area contributed by atoms with Crippen LogP contribution in [0.5, 0.6) is 0 Å². The molecule has 0 saturated heterocycles. The second kappa shape index (κ2) is 5.64. The molecule has 0 unspecified atom stereocenters. The summed E-state index contributed by atoms with van der Waals surface area (Å²) in [7, 11) is 0. The molecular formula is C14H15N3O3. The highest BCUT2D eigenvalue weighted by atomic mass is 16.5. The van der Waals surface area contributed by atoms with Crippen molar-refractivity contribution < 1.29 is 9.53 Å². The quantitative estimate of drug-likeness (QED) is 0.855. The lowest BCUT2D eigenvalue weighted by Gasteiger charge is -2.05. The minimum Gasteiger partial charge on any atom is -0.455 e. The topological polar surface area (TPSA) is 84.9 Å². The Kier molecular flexibility index (Phi) is 3.93. The van der Waals surface area contributed by atoms with Gasteiger partial charge < -0.3 is 9.72 Å². The molecular weight excluding hydrogens is 258 g/mol. The number of aromatic amines is 1. The predicted octanol–water partition coefficient (Wildman–Crippen LogP) is 1.45.